The summed E-state index contributed by atoms with van der Waals surface area (Å²) in [6, 6.07) is 0. The number of hydrogen-bond donors (Lipinski definition) is 0. The van der Waals surface area contributed by atoms with Gasteiger partial charge in [0.1, 0.15) is 6.73 Å². The molecular weight excluding hydrogens is 123 g/mol. The summed E-state index contributed by atoms with van der Waals surface area (Å²) < 4.78 is 18.3. The monoisotopic (exact) mass is 130 g/mol. The quantitative estimate of drug-likeness (QED) is 0.587. The van der Waals surface area contributed by atoms with Gasteiger partial charge in [0.25, 0.3) is 0 Å². The lowest BCUT2D eigenvalue weighted by atomic mass is 10.9. The largest absolute Gasteiger partial charge is 0.364 e. The van der Waals surface area contributed by atoms with Gasteiger partial charge in [-0.05, 0) is 0 Å². The summed E-state index contributed by atoms with van der Waals surface area (Å²) in [5.41, 5.74) is 0. The molecule has 0 aliphatic heterocycles. The Morgan fingerprint density at radius 3 is 3.11 bits per heavy atom. The second kappa shape index (κ2) is 2.59. The highest BCUT2D eigenvalue weighted by atomic mass is 19.1. The molecule has 0 bridgehead atoms. The van der Waals surface area contributed by atoms with E-state index in [1.54, 1.807) is 0 Å². The Bertz CT molecular complexity index is 187. The molecule has 1 aromatic rings. The predicted molar refractivity (Wildman–Crippen MR) is 29.2 cm³/mol. The molecule has 0 radical (unpaired) electrons. The molecule has 0 N–H and O–H groups in total. The molecule has 50 valence electrons. The molecule has 0 spiro atoms. The third-order valence-corrected chi connectivity index (χ3v) is 0.880. The summed E-state index contributed by atoms with van der Waals surface area (Å²) in [4.78, 5) is 3.35. The molecule has 0 aliphatic carbocycles. The zero-order chi connectivity index (χ0) is 6.69. The molecule has 0 saturated heterocycles. The van der Waals surface area contributed by atoms with Crippen LogP contribution >= 0.6 is 0 Å². The molecule has 1 heterocycles. The van der Waals surface area contributed by atoms with Gasteiger partial charge in [0.05, 0.1) is 12.5 Å². The van der Waals surface area contributed by atoms with E-state index in [1.807, 2.05) is 0 Å². The van der Waals surface area contributed by atoms with Crippen LogP contribution in [0.15, 0.2) is 12.5 Å². The molecule has 1 rings (SSSR count). The Labute approximate surface area is 52.1 Å². The second-order valence-corrected chi connectivity index (χ2v) is 1.63. The average molecular weight is 130 g/mol. The van der Waals surface area contributed by atoms with Crippen molar-refractivity contribution in [3.8, 4) is 0 Å². The average Bonchev–Trinajstić information content (AvgIpc) is 2.17. The van der Waals surface area contributed by atoms with Gasteiger partial charge >= 0.3 is 0 Å². The van der Waals surface area contributed by atoms with E-state index < -0.39 is 5.95 Å². The Morgan fingerprint density at radius 2 is 2.67 bits per heavy atom. The minimum atomic E-state index is -0.480. The molecule has 0 fully saturated rings. The van der Waals surface area contributed by atoms with Crippen LogP contribution < -0.4 is 0 Å². The van der Waals surface area contributed by atoms with E-state index in [4.69, 9.17) is 4.74 Å². The Morgan fingerprint density at radius 1 is 1.89 bits per heavy atom. The van der Waals surface area contributed by atoms with E-state index in [0.717, 1.165) is 0 Å². The summed E-state index contributed by atoms with van der Waals surface area (Å²) in [6.45, 7) is 0.344. The van der Waals surface area contributed by atoms with Crippen LogP contribution in [0.4, 0.5) is 4.39 Å². The van der Waals surface area contributed by atoms with Gasteiger partial charge in [0.15, 0.2) is 0 Å². The van der Waals surface area contributed by atoms with E-state index >= 15 is 0 Å². The smallest absolute Gasteiger partial charge is 0.230 e. The van der Waals surface area contributed by atoms with Gasteiger partial charge in [-0.1, -0.05) is 0 Å². The first kappa shape index (κ1) is 6.22. The molecule has 0 saturated carbocycles. The van der Waals surface area contributed by atoms with E-state index in [0.29, 0.717) is 6.73 Å². The second-order valence-electron chi connectivity index (χ2n) is 1.63. The van der Waals surface area contributed by atoms with Crippen LogP contribution in [0.5, 0.6) is 0 Å². The summed E-state index contributed by atoms with van der Waals surface area (Å²) in [5, 5.41) is 0. The van der Waals surface area contributed by atoms with Crippen LogP contribution in [0.1, 0.15) is 0 Å². The molecule has 0 atom stereocenters. The molecule has 4 heteroatoms. The first-order valence-corrected chi connectivity index (χ1v) is 2.49. The number of rotatable bonds is 2. The van der Waals surface area contributed by atoms with Crippen molar-refractivity contribution in [2.45, 2.75) is 6.73 Å². The maximum atomic E-state index is 12.1. The highest BCUT2D eigenvalue weighted by molar-refractivity contribution is 4.76. The van der Waals surface area contributed by atoms with Gasteiger partial charge in [-0.25, -0.2) is 4.98 Å². The fourth-order valence-electron chi connectivity index (χ4n) is 0.552. The molecule has 1 aromatic heterocycles. The lowest BCUT2D eigenvalue weighted by Gasteiger charge is -1.94. The van der Waals surface area contributed by atoms with Crippen molar-refractivity contribution in [1.29, 1.82) is 0 Å². The summed E-state index contributed by atoms with van der Waals surface area (Å²) in [6.07, 6.45) is 2.64. The molecule has 0 aromatic carbocycles. The molecule has 3 nitrogen and oxygen atoms in total. The molecular formula is C5H7FN2O. The summed E-state index contributed by atoms with van der Waals surface area (Å²) >= 11 is 0. The number of ether oxygens (including phenoxy) is 1. The minimum Gasteiger partial charge on any atom is -0.364 e. The number of aromatic nitrogens is 2. The minimum absolute atomic E-state index is 0.344. The lowest BCUT2D eigenvalue weighted by molar-refractivity contribution is 0.131. The first-order valence-electron chi connectivity index (χ1n) is 2.49. The van der Waals surface area contributed by atoms with Gasteiger partial charge in [-0.15, -0.1) is 0 Å². The van der Waals surface area contributed by atoms with Crippen LogP contribution in [-0.2, 0) is 11.5 Å². The maximum Gasteiger partial charge on any atom is 0.230 e. The van der Waals surface area contributed by atoms with E-state index in [9.17, 15) is 4.39 Å². The van der Waals surface area contributed by atoms with Crippen molar-refractivity contribution < 1.29 is 9.13 Å². The number of hydrogen-bond acceptors (Lipinski definition) is 2. The Balaban J connectivity index is 2.61. The maximum absolute atomic E-state index is 12.1. The number of nitrogens with zero attached hydrogens (tertiary/aromatic N) is 2. The van der Waals surface area contributed by atoms with Crippen molar-refractivity contribution in [1.82, 2.24) is 9.55 Å². The highest BCUT2D eigenvalue weighted by Crippen LogP contribution is 1.91. The van der Waals surface area contributed by atoms with Crippen LogP contribution in [0.3, 0.4) is 0 Å². The van der Waals surface area contributed by atoms with E-state index in [1.165, 1.54) is 24.2 Å². The van der Waals surface area contributed by atoms with Crippen molar-refractivity contribution in [3.63, 3.8) is 0 Å². The summed E-state index contributed by atoms with van der Waals surface area (Å²) in [7, 11) is 1.54. The predicted octanol–water partition coefficient (Wildman–Crippen LogP) is 0.626. The Hall–Kier alpha value is -0.900. The molecule has 9 heavy (non-hydrogen) atoms. The van der Waals surface area contributed by atoms with Crippen molar-refractivity contribution >= 4 is 0 Å². The topological polar surface area (TPSA) is 27.1 Å². The van der Waals surface area contributed by atoms with Crippen LogP contribution in [0.25, 0.3) is 0 Å². The normalized spacial score (nSPS) is 10.0. The first-order chi connectivity index (χ1) is 4.33. The Kier molecular flexibility index (Phi) is 1.79. The fourth-order valence-corrected chi connectivity index (χ4v) is 0.552. The third-order valence-electron chi connectivity index (χ3n) is 0.880. The highest BCUT2D eigenvalue weighted by Gasteiger charge is 1.92. The van der Waals surface area contributed by atoms with Crippen LogP contribution in [0.2, 0.25) is 0 Å². The third kappa shape index (κ3) is 1.50. The molecule has 0 aliphatic rings. The van der Waals surface area contributed by atoms with Gasteiger partial charge in [0, 0.05) is 7.11 Å². The van der Waals surface area contributed by atoms with Crippen molar-refractivity contribution in [2.24, 2.45) is 0 Å². The number of methoxy groups -OCH3 is 1. The molecule has 0 unspecified atom stereocenters. The van der Waals surface area contributed by atoms with Gasteiger partial charge < -0.3 is 9.30 Å². The SMILES string of the molecule is COCn1cnc(F)c1. The zero-order valence-electron chi connectivity index (χ0n) is 5.04. The standard InChI is InChI=1S/C5H7FN2O/c1-9-4-8-2-5(6)7-3-8/h2-3H,4H2,1H3. The van der Waals surface area contributed by atoms with Crippen molar-refractivity contribution in [2.75, 3.05) is 7.11 Å². The zero-order valence-corrected chi connectivity index (χ0v) is 5.04. The number of halogens is 1. The fraction of sp³-hybridized carbons (Fsp3) is 0.400. The lowest BCUT2D eigenvalue weighted by Crippen LogP contribution is -1.94. The molecule has 0 amide bonds. The van der Waals surface area contributed by atoms with Gasteiger partial charge in [-0.2, -0.15) is 4.39 Å². The van der Waals surface area contributed by atoms with Crippen molar-refractivity contribution in [3.05, 3.63) is 18.5 Å². The van der Waals surface area contributed by atoms with E-state index in [-0.39, 0.29) is 0 Å². The van der Waals surface area contributed by atoms with Gasteiger partial charge in [-0.3, -0.25) is 0 Å². The van der Waals surface area contributed by atoms with Gasteiger partial charge in [0.2, 0.25) is 5.95 Å². The van der Waals surface area contributed by atoms with E-state index in [2.05, 4.69) is 4.98 Å². The van der Waals surface area contributed by atoms with Crippen LogP contribution in [-0.4, -0.2) is 16.7 Å². The number of imidazole rings is 1. The van der Waals surface area contributed by atoms with Crippen LogP contribution in [0, 0.1) is 5.95 Å². The summed E-state index contributed by atoms with van der Waals surface area (Å²) in [5.74, 6) is -0.480.